The van der Waals surface area contributed by atoms with Gasteiger partial charge in [0.05, 0.1) is 0 Å². The van der Waals surface area contributed by atoms with Crippen LogP contribution in [0.4, 0.5) is 0 Å². The molecule has 9 nitrogen and oxygen atoms in total. The van der Waals surface area contributed by atoms with Crippen molar-refractivity contribution in [2.45, 2.75) is 283 Å². The van der Waals surface area contributed by atoms with E-state index in [1.807, 2.05) is 0 Å². The molecule has 0 saturated carbocycles. The summed E-state index contributed by atoms with van der Waals surface area (Å²) in [4.78, 5) is 39.8. The van der Waals surface area contributed by atoms with E-state index in [1.165, 1.54) is 57.8 Å². The Labute approximate surface area is 422 Å². The van der Waals surface area contributed by atoms with Crippen molar-refractivity contribution in [3.63, 3.8) is 0 Å². The maximum atomic E-state index is 13.3. The number of aliphatic hydroxyl groups excluding tert-OH is 1. The highest BCUT2D eigenvalue weighted by Crippen LogP contribution is 2.34. The van der Waals surface area contributed by atoms with Gasteiger partial charge >= 0.3 is 29.7 Å². The van der Waals surface area contributed by atoms with E-state index < -0.39 is 36.1 Å². The fourth-order valence-corrected chi connectivity index (χ4v) is 7.82. The van der Waals surface area contributed by atoms with Crippen molar-refractivity contribution in [1.82, 2.24) is 0 Å². The van der Waals surface area contributed by atoms with E-state index in [0.29, 0.717) is 19.3 Å². The van der Waals surface area contributed by atoms with Gasteiger partial charge in [-0.15, -0.1) is 0 Å². The van der Waals surface area contributed by atoms with Gasteiger partial charge in [0, 0.05) is 32.3 Å². The molecule has 1 atom stereocenters. The summed E-state index contributed by atoms with van der Waals surface area (Å²) in [6.45, 7) is 6.43. The lowest BCUT2D eigenvalue weighted by Crippen LogP contribution is -2.61. The van der Waals surface area contributed by atoms with E-state index in [0.717, 1.165) is 135 Å². The Bertz CT molecular complexity index is 1320. The molecule has 0 aromatic carbocycles. The summed E-state index contributed by atoms with van der Waals surface area (Å²) in [7, 11) is 0. The van der Waals surface area contributed by atoms with Crippen LogP contribution in [0, 0.1) is 0 Å². The van der Waals surface area contributed by atoms with Gasteiger partial charge in [-0.1, -0.05) is 190 Å². The molecule has 3 N–H and O–H groups in total. The van der Waals surface area contributed by atoms with Gasteiger partial charge in [-0.3, -0.25) is 14.4 Å². The molecule has 9 heteroatoms. The van der Waals surface area contributed by atoms with E-state index in [1.54, 1.807) is 0 Å². The zero-order valence-electron chi connectivity index (χ0n) is 44.5. The number of rotatable bonds is 50. The third-order valence-corrected chi connectivity index (χ3v) is 12.2. The van der Waals surface area contributed by atoms with Crippen LogP contribution in [0.15, 0.2) is 72.9 Å². The van der Waals surface area contributed by atoms with Crippen molar-refractivity contribution >= 4 is 17.9 Å². The standard InChI is InChI=1S/C60H104O9/c1-4-7-10-13-16-19-22-25-28-31-34-37-40-43-46-51-56(62)67-59(65,54-49-50-55-61)60(66,68-57(63)52-47-44-41-38-35-32-29-26-23-20-17-14-11-8-5-2)69-58(64)53-48-45-42-39-36-33-30-27-24-21-18-15-12-9-6-3/h16-21,25-30,61,65-66H,4-15,22-24,31-55H2,1-3H3/b19-16-,20-17-,21-18-,28-25-,29-26-,30-27-. The molecule has 69 heavy (non-hydrogen) atoms. The summed E-state index contributed by atoms with van der Waals surface area (Å²) in [5.41, 5.74) is 0. The highest BCUT2D eigenvalue weighted by Gasteiger charge is 2.60. The molecule has 0 bridgehead atoms. The predicted octanol–water partition coefficient (Wildman–Crippen LogP) is 16.6. The molecule has 398 valence electrons. The summed E-state index contributed by atoms with van der Waals surface area (Å²) >= 11 is 0. The maximum absolute atomic E-state index is 13.3. The molecule has 0 heterocycles. The van der Waals surface area contributed by atoms with E-state index >= 15 is 0 Å². The summed E-state index contributed by atoms with van der Waals surface area (Å²) in [6.07, 6.45) is 59.8. The number of ether oxygens (including phenoxy) is 3. The quantitative estimate of drug-likeness (QED) is 0.0235. The zero-order chi connectivity index (χ0) is 50.6. The van der Waals surface area contributed by atoms with Crippen LogP contribution in [-0.2, 0) is 28.6 Å². The molecule has 0 spiro atoms. The van der Waals surface area contributed by atoms with E-state index in [2.05, 4.69) is 93.7 Å². The molecule has 0 amide bonds. The molecule has 0 aromatic heterocycles. The minimum atomic E-state index is -3.27. The number of hydrogen-bond acceptors (Lipinski definition) is 9. The number of carbonyl (C=O) groups is 3. The third kappa shape index (κ3) is 42.2. The Kier molecular flexibility index (Phi) is 47.3. The molecule has 0 rings (SSSR count). The molecule has 0 aliphatic heterocycles. The van der Waals surface area contributed by atoms with Crippen molar-refractivity contribution in [2.75, 3.05) is 6.61 Å². The van der Waals surface area contributed by atoms with Crippen LogP contribution in [0.25, 0.3) is 0 Å². The van der Waals surface area contributed by atoms with Crippen LogP contribution >= 0.6 is 0 Å². The SMILES string of the molecule is CCCCC/C=C\C/C=C\CCCCCCCC(=O)OC(O)(CCCCO)C(O)(OC(=O)CCCCCCC/C=C\C/C=C\CCCCC)OC(=O)CCCCCCC/C=C\C/C=C\CCCCC. The van der Waals surface area contributed by atoms with Gasteiger partial charge in [0.25, 0.3) is 0 Å². The van der Waals surface area contributed by atoms with Crippen LogP contribution in [0.1, 0.15) is 271 Å². The first-order chi connectivity index (χ1) is 33.7. The highest BCUT2D eigenvalue weighted by atomic mass is 16.9. The van der Waals surface area contributed by atoms with E-state index in [4.69, 9.17) is 14.2 Å². The Morgan fingerprint density at radius 1 is 0.348 bits per heavy atom. The highest BCUT2D eigenvalue weighted by molar-refractivity contribution is 5.73. The lowest BCUT2D eigenvalue weighted by molar-refractivity contribution is -0.445. The average molecular weight is 969 g/mol. The average Bonchev–Trinajstić information content (AvgIpc) is 3.32. The molecule has 0 fully saturated rings. The first kappa shape index (κ1) is 65.7. The van der Waals surface area contributed by atoms with Crippen molar-refractivity contribution in [3.8, 4) is 0 Å². The third-order valence-electron chi connectivity index (χ3n) is 12.2. The monoisotopic (exact) mass is 969 g/mol. The van der Waals surface area contributed by atoms with E-state index in [9.17, 15) is 29.7 Å². The largest absolute Gasteiger partial charge is 0.443 e. The molecule has 0 aliphatic carbocycles. The summed E-state index contributed by atoms with van der Waals surface area (Å²) in [5.74, 6) is -8.70. The van der Waals surface area contributed by atoms with Crippen molar-refractivity contribution in [3.05, 3.63) is 72.9 Å². The molecule has 0 radical (unpaired) electrons. The minimum absolute atomic E-state index is 0.0390. The molecular formula is C60H104O9. The van der Waals surface area contributed by atoms with Crippen LogP contribution in [0.3, 0.4) is 0 Å². The Balaban J connectivity index is 5.27. The first-order valence-corrected chi connectivity index (χ1v) is 28.3. The summed E-state index contributed by atoms with van der Waals surface area (Å²) in [5, 5.41) is 33.3. The Morgan fingerprint density at radius 2 is 0.623 bits per heavy atom. The second-order valence-electron chi connectivity index (χ2n) is 18.9. The number of allylic oxidation sites excluding steroid dienone is 12. The topological polar surface area (TPSA) is 140 Å². The minimum Gasteiger partial charge on any atom is -0.422 e. The number of carbonyl (C=O) groups excluding carboxylic acids is 3. The van der Waals surface area contributed by atoms with Gasteiger partial charge < -0.3 is 29.5 Å². The number of hydrogen-bond donors (Lipinski definition) is 3. The van der Waals surface area contributed by atoms with Crippen LogP contribution < -0.4 is 0 Å². The zero-order valence-corrected chi connectivity index (χ0v) is 44.5. The van der Waals surface area contributed by atoms with Crippen molar-refractivity contribution < 1.29 is 43.9 Å². The van der Waals surface area contributed by atoms with Crippen LogP contribution in [0.5, 0.6) is 0 Å². The number of unbranched alkanes of at least 4 members (excludes halogenated alkanes) is 25. The van der Waals surface area contributed by atoms with Gasteiger partial charge in [0.1, 0.15) is 0 Å². The van der Waals surface area contributed by atoms with Gasteiger partial charge in [-0.05, 0) is 128 Å². The lowest BCUT2D eigenvalue weighted by atomic mass is 10.0. The Morgan fingerprint density at radius 3 is 0.928 bits per heavy atom. The molecule has 0 aliphatic rings. The van der Waals surface area contributed by atoms with E-state index in [-0.39, 0.29) is 38.7 Å². The van der Waals surface area contributed by atoms with Gasteiger partial charge in [-0.2, -0.15) is 0 Å². The van der Waals surface area contributed by atoms with Crippen LogP contribution in [0.2, 0.25) is 0 Å². The number of aliphatic hydroxyl groups is 3. The van der Waals surface area contributed by atoms with Crippen LogP contribution in [-0.4, -0.2) is 51.6 Å². The van der Waals surface area contributed by atoms with Gasteiger partial charge in [-0.25, -0.2) is 0 Å². The van der Waals surface area contributed by atoms with Gasteiger partial charge in [0.2, 0.25) is 0 Å². The fourth-order valence-electron chi connectivity index (χ4n) is 7.82. The molecule has 0 aromatic rings. The summed E-state index contributed by atoms with van der Waals surface area (Å²) in [6, 6.07) is 0. The lowest BCUT2D eigenvalue weighted by Gasteiger charge is -2.39. The normalized spacial score (nSPS) is 13.3. The van der Waals surface area contributed by atoms with Crippen molar-refractivity contribution in [2.24, 2.45) is 0 Å². The number of esters is 3. The molecule has 1 unspecified atom stereocenters. The predicted molar refractivity (Wildman–Crippen MR) is 287 cm³/mol. The second-order valence-corrected chi connectivity index (χ2v) is 18.9. The first-order valence-electron chi connectivity index (χ1n) is 28.3. The fraction of sp³-hybridized carbons (Fsp3) is 0.750. The molecular weight excluding hydrogens is 865 g/mol. The van der Waals surface area contributed by atoms with Gasteiger partial charge in [0.15, 0.2) is 0 Å². The molecule has 0 saturated heterocycles. The Hall–Kier alpha value is -3.27. The summed E-state index contributed by atoms with van der Waals surface area (Å²) < 4.78 is 16.4. The maximum Gasteiger partial charge on any atom is 0.443 e. The smallest absolute Gasteiger partial charge is 0.422 e. The van der Waals surface area contributed by atoms with Crippen molar-refractivity contribution in [1.29, 1.82) is 0 Å². The second kappa shape index (κ2) is 49.7.